The summed E-state index contributed by atoms with van der Waals surface area (Å²) < 4.78 is 0. The van der Waals surface area contributed by atoms with Crippen LogP contribution >= 0.6 is 0 Å². The van der Waals surface area contributed by atoms with Crippen LogP contribution in [-0.4, -0.2) is 11.7 Å². The second-order valence-corrected chi connectivity index (χ2v) is 1.29. The van der Waals surface area contributed by atoms with Crippen molar-refractivity contribution in [2.45, 2.75) is 0 Å². The zero-order chi connectivity index (χ0) is 6.41. The zero-order valence-corrected chi connectivity index (χ0v) is 8.85. The van der Waals surface area contributed by atoms with E-state index in [4.69, 9.17) is 5.11 Å². The molecule has 44 valence electrons. The van der Waals surface area contributed by atoms with Crippen LogP contribution in [0.25, 0.3) is 0 Å². The SMILES string of the molecule is C=[C-]/C=C(\C=C)CO.[K+]. The summed E-state index contributed by atoms with van der Waals surface area (Å²) in [7, 11) is 0. The summed E-state index contributed by atoms with van der Waals surface area (Å²) in [5, 5.41) is 8.45. The molecule has 0 heterocycles. The van der Waals surface area contributed by atoms with Crippen LogP contribution in [0.5, 0.6) is 0 Å². The first kappa shape index (κ1) is 12.5. The van der Waals surface area contributed by atoms with Gasteiger partial charge in [-0.05, 0) is 0 Å². The molecular formula is C7H9KO. The Morgan fingerprint density at radius 3 is 2.33 bits per heavy atom. The van der Waals surface area contributed by atoms with Gasteiger partial charge in [-0.3, -0.25) is 6.08 Å². The molecule has 0 saturated heterocycles. The van der Waals surface area contributed by atoms with Crippen LogP contribution in [0, 0.1) is 6.08 Å². The molecule has 0 unspecified atom stereocenters. The molecule has 1 nitrogen and oxygen atoms in total. The van der Waals surface area contributed by atoms with E-state index in [9.17, 15) is 0 Å². The molecule has 0 aromatic carbocycles. The van der Waals surface area contributed by atoms with Gasteiger partial charge in [-0.2, -0.15) is 12.2 Å². The number of rotatable bonds is 3. The zero-order valence-electron chi connectivity index (χ0n) is 5.72. The molecule has 0 atom stereocenters. The normalized spacial score (nSPS) is 9.67. The number of hydrogen-bond donors (Lipinski definition) is 1. The fourth-order valence-electron chi connectivity index (χ4n) is 0.300. The van der Waals surface area contributed by atoms with Crippen molar-refractivity contribution in [1.29, 1.82) is 0 Å². The largest absolute Gasteiger partial charge is 1.00 e. The summed E-state index contributed by atoms with van der Waals surface area (Å²) in [6, 6.07) is 0. The van der Waals surface area contributed by atoms with Gasteiger partial charge >= 0.3 is 51.4 Å². The van der Waals surface area contributed by atoms with Crippen LogP contribution < -0.4 is 51.4 Å². The minimum absolute atomic E-state index is 0. The minimum Gasteiger partial charge on any atom is -0.410 e. The summed E-state index contributed by atoms with van der Waals surface area (Å²) in [6.07, 6.45) is 5.68. The molecule has 0 aromatic heterocycles. The first-order valence-corrected chi connectivity index (χ1v) is 2.30. The average molecular weight is 148 g/mol. The van der Waals surface area contributed by atoms with Crippen LogP contribution in [0.4, 0.5) is 0 Å². The molecule has 0 rings (SSSR count). The number of allylic oxidation sites excluding steroid dienone is 2. The first-order valence-electron chi connectivity index (χ1n) is 2.30. The van der Waals surface area contributed by atoms with Crippen molar-refractivity contribution in [3.63, 3.8) is 0 Å². The standard InChI is InChI=1S/C7H9O.K/c1-3-5-7(4-2)6-8;/h4-5,8H,1-2,6H2;/q-1;+1/b7-5+;. The third-order valence-electron chi connectivity index (χ3n) is 0.732. The van der Waals surface area contributed by atoms with E-state index in [0.29, 0.717) is 0 Å². The fraction of sp³-hybridized carbons (Fsp3) is 0.143. The molecule has 0 amide bonds. The van der Waals surface area contributed by atoms with E-state index >= 15 is 0 Å². The molecule has 0 fully saturated rings. The molecule has 0 bridgehead atoms. The van der Waals surface area contributed by atoms with Gasteiger partial charge in [-0.15, -0.1) is 12.7 Å². The summed E-state index contributed by atoms with van der Waals surface area (Å²) >= 11 is 0. The third-order valence-corrected chi connectivity index (χ3v) is 0.732. The molecule has 0 saturated carbocycles. The predicted octanol–water partition coefficient (Wildman–Crippen LogP) is -1.92. The van der Waals surface area contributed by atoms with Crippen molar-refractivity contribution >= 4 is 0 Å². The van der Waals surface area contributed by atoms with Crippen LogP contribution in [0.1, 0.15) is 0 Å². The van der Waals surface area contributed by atoms with Gasteiger partial charge in [0.25, 0.3) is 0 Å². The summed E-state index contributed by atoms with van der Waals surface area (Å²) in [4.78, 5) is 0. The fourth-order valence-corrected chi connectivity index (χ4v) is 0.300. The average Bonchev–Trinajstić information content (AvgIpc) is 1.83. The summed E-state index contributed by atoms with van der Waals surface area (Å²) in [5.41, 5.74) is 0.736. The first-order chi connectivity index (χ1) is 3.85. The topological polar surface area (TPSA) is 20.2 Å². The van der Waals surface area contributed by atoms with Crippen molar-refractivity contribution in [2.24, 2.45) is 0 Å². The second-order valence-electron chi connectivity index (χ2n) is 1.29. The molecule has 2 heteroatoms. The van der Waals surface area contributed by atoms with Crippen LogP contribution in [0.2, 0.25) is 0 Å². The predicted molar refractivity (Wildman–Crippen MR) is 34.2 cm³/mol. The Morgan fingerprint density at radius 2 is 2.22 bits per heavy atom. The van der Waals surface area contributed by atoms with Crippen molar-refractivity contribution in [3.8, 4) is 0 Å². The Bertz CT molecular complexity index is 116. The summed E-state index contributed by atoms with van der Waals surface area (Å²) in [6.45, 7) is 6.80. The van der Waals surface area contributed by atoms with E-state index in [0.717, 1.165) is 5.57 Å². The van der Waals surface area contributed by atoms with Crippen LogP contribution in [0.15, 0.2) is 30.9 Å². The maximum atomic E-state index is 8.45. The van der Waals surface area contributed by atoms with Gasteiger partial charge in [0.15, 0.2) is 0 Å². The van der Waals surface area contributed by atoms with E-state index in [1.165, 1.54) is 0 Å². The third kappa shape index (κ3) is 6.70. The van der Waals surface area contributed by atoms with Crippen molar-refractivity contribution in [3.05, 3.63) is 37.0 Å². The van der Waals surface area contributed by atoms with Crippen molar-refractivity contribution in [2.75, 3.05) is 6.61 Å². The van der Waals surface area contributed by atoms with Gasteiger partial charge in [0, 0.05) is 6.61 Å². The molecular weight excluding hydrogens is 139 g/mol. The maximum absolute atomic E-state index is 8.45. The van der Waals surface area contributed by atoms with Crippen LogP contribution in [0.3, 0.4) is 0 Å². The van der Waals surface area contributed by atoms with Gasteiger partial charge in [0.1, 0.15) is 0 Å². The Morgan fingerprint density at radius 1 is 1.67 bits per heavy atom. The van der Waals surface area contributed by atoms with Crippen molar-refractivity contribution in [1.82, 2.24) is 0 Å². The Hall–Kier alpha value is 0.816. The van der Waals surface area contributed by atoms with Gasteiger partial charge in [-0.1, -0.05) is 0 Å². The van der Waals surface area contributed by atoms with E-state index in [2.05, 4.69) is 19.2 Å². The molecule has 1 N–H and O–H groups in total. The van der Waals surface area contributed by atoms with Gasteiger partial charge < -0.3 is 5.11 Å². The number of hydrogen-bond acceptors (Lipinski definition) is 1. The number of aliphatic hydroxyl groups excluding tert-OH is 1. The molecule has 0 spiro atoms. The Kier molecular flexibility index (Phi) is 12.2. The van der Waals surface area contributed by atoms with E-state index in [1.54, 1.807) is 12.2 Å². The van der Waals surface area contributed by atoms with Gasteiger partial charge in [0.05, 0.1) is 0 Å². The number of aliphatic hydroxyl groups is 1. The molecule has 0 aliphatic heterocycles. The molecule has 0 radical (unpaired) electrons. The van der Waals surface area contributed by atoms with Gasteiger partial charge in [-0.25, -0.2) is 6.08 Å². The Labute approximate surface area is 98.6 Å². The van der Waals surface area contributed by atoms with E-state index < -0.39 is 0 Å². The quantitative estimate of drug-likeness (QED) is 0.281. The van der Waals surface area contributed by atoms with Crippen molar-refractivity contribution < 1.29 is 56.5 Å². The van der Waals surface area contributed by atoms with E-state index in [1.807, 2.05) is 0 Å². The maximum Gasteiger partial charge on any atom is 1.00 e. The van der Waals surface area contributed by atoms with E-state index in [-0.39, 0.29) is 58.0 Å². The van der Waals surface area contributed by atoms with Crippen LogP contribution in [-0.2, 0) is 0 Å². The Balaban J connectivity index is 0. The molecule has 0 aliphatic carbocycles. The molecule has 0 aromatic rings. The molecule has 0 aliphatic rings. The smallest absolute Gasteiger partial charge is 0.410 e. The molecule has 9 heavy (non-hydrogen) atoms. The summed E-state index contributed by atoms with van der Waals surface area (Å²) in [5.74, 6) is 0. The minimum atomic E-state index is 0. The monoisotopic (exact) mass is 148 g/mol. The second kappa shape index (κ2) is 8.82. The van der Waals surface area contributed by atoms with Gasteiger partial charge in [0.2, 0.25) is 0 Å².